The summed E-state index contributed by atoms with van der Waals surface area (Å²) >= 11 is 0. The molecule has 1 aromatic carbocycles. The lowest BCUT2D eigenvalue weighted by atomic mass is 9.96. The van der Waals surface area contributed by atoms with Crippen LogP contribution in [0, 0.1) is 5.41 Å². The van der Waals surface area contributed by atoms with Crippen molar-refractivity contribution in [2.75, 3.05) is 24.2 Å². The first-order valence-electron chi connectivity index (χ1n) is 5.82. The molecule has 0 atom stereocenters. The van der Waals surface area contributed by atoms with Crippen LogP contribution in [0.2, 0.25) is 0 Å². The van der Waals surface area contributed by atoms with Crippen molar-refractivity contribution >= 4 is 17.2 Å². The normalized spacial score (nSPS) is 11.4. The Balaban J connectivity index is 3.00. The van der Waals surface area contributed by atoms with Crippen molar-refractivity contribution in [3.8, 4) is 0 Å². The second kappa shape index (κ2) is 4.78. The van der Waals surface area contributed by atoms with E-state index in [1.165, 1.54) is 0 Å². The lowest BCUT2D eigenvalue weighted by Crippen LogP contribution is -2.29. The molecule has 3 heteroatoms. The number of benzene rings is 1. The average molecular weight is 234 g/mol. The van der Waals surface area contributed by atoms with E-state index in [2.05, 4.69) is 25.7 Å². The lowest BCUT2D eigenvalue weighted by Gasteiger charge is -2.28. The van der Waals surface area contributed by atoms with Gasteiger partial charge in [0.15, 0.2) is 5.78 Å². The number of carbonyl (C=O) groups is 1. The van der Waals surface area contributed by atoms with Gasteiger partial charge >= 0.3 is 0 Å². The topological polar surface area (TPSA) is 46.3 Å². The lowest BCUT2D eigenvalue weighted by molar-refractivity contribution is 0.101. The zero-order chi connectivity index (χ0) is 13.2. The van der Waals surface area contributed by atoms with Crippen LogP contribution in [0.5, 0.6) is 0 Å². The van der Waals surface area contributed by atoms with Crippen molar-refractivity contribution < 1.29 is 4.79 Å². The Morgan fingerprint density at radius 2 is 1.94 bits per heavy atom. The summed E-state index contributed by atoms with van der Waals surface area (Å²) < 4.78 is 0. The first-order valence-corrected chi connectivity index (χ1v) is 5.82. The molecule has 0 saturated carbocycles. The maximum atomic E-state index is 11.4. The summed E-state index contributed by atoms with van der Waals surface area (Å²) in [6.07, 6.45) is 0. The number of anilines is 2. The minimum atomic E-state index is 0.00788. The van der Waals surface area contributed by atoms with Gasteiger partial charge in [0.25, 0.3) is 0 Å². The van der Waals surface area contributed by atoms with E-state index in [4.69, 9.17) is 5.73 Å². The van der Waals surface area contributed by atoms with Gasteiger partial charge in [0, 0.05) is 30.5 Å². The zero-order valence-corrected chi connectivity index (χ0v) is 11.4. The number of hydrogen-bond acceptors (Lipinski definition) is 3. The second-order valence-electron chi connectivity index (χ2n) is 5.74. The smallest absolute Gasteiger partial charge is 0.161 e. The first-order chi connectivity index (χ1) is 7.70. The van der Waals surface area contributed by atoms with E-state index in [1.807, 2.05) is 19.2 Å². The summed E-state index contributed by atoms with van der Waals surface area (Å²) in [4.78, 5) is 13.6. The molecule has 0 saturated heterocycles. The monoisotopic (exact) mass is 234 g/mol. The molecule has 94 valence electrons. The van der Waals surface area contributed by atoms with Gasteiger partial charge in [-0.1, -0.05) is 20.8 Å². The number of carbonyl (C=O) groups excluding carboxylic acids is 1. The predicted octanol–water partition coefficient (Wildman–Crippen LogP) is 2.95. The Morgan fingerprint density at radius 1 is 1.35 bits per heavy atom. The summed E-state index contributed by atoms with van der Waals surface area (Å²) in [6.45, 7) is 9.03. The Labute approximate surface area is 104 Å². The molecule has 17 heavy (non-hydrogen) atoms. The third kappa shape index (κ3) is 3.77. The number of nitrogen functional groups attached to an aromatic ring is 1. The molecule has 3 nitrogen and oxygen atoms in total. The van der Waals surface area contributed by atoms with E-state index >= 15 is 0 Å². The minimum absolute atomic E-state index is 0.00788. The van der Waals surface area contributed by atoms with E-state index in [9.17, 15) is 4.79 Å². The molecule has 0 aliphatic heterocycles. The molecule has 0 heterocycles. The molecule has 0 aliphatic carbocycles. The van der Waals surface area contributed by atoms with Crippen LogP contribution in [0.15, 0.2) is 18.2 Å². The van der Waals surface area contributed by atoms with Crippen LogP contribution in [0.3, 0.4) is 0 Å². The predicted molar refractivity (Wildman–Crippen MR) is 73.6 cm³/mol. The Morgan fingerprint density at radius 3 is 2.41 bits per heavy atom. The molecule has 0 fully saturated rings. The zero-order valence-electron chi connectivity index (χ0n) is 11.4. The van der Waals surface area contributed by atoms with Gasteiger partial charge in [-0.15, -0.1) is 0 Å². The van der Waals surface area contributed by atoms with Crippen LogP contribution in [-0.4, -0.2) is 19.4 Å². The quantitative estimate of drug-likeness (QED) is 0.646. The van der Waals surface area contributed by atoms with Gasteiger partial charge in [0.05, 0.1) is 0 Å². The number of hydrogen-bond donors (Lipinski definition) is 1. The summed E-state index contributed by atoms with van der Waals surface area (Å²) in [7, 11) is 2.03. The molecule has 0 radical (unpaired) electrons. The molecule has 0 unspecified atom stereocenters. The van der Waals surface area contributed by atoms with E-state index in [0.29, 0.717) is 11.3 Å². The highest BCUT2D eigenvalue weighted by Crippen LogP contribution is 2.24. The first kappa shape index (κ1) is 13.6. The number of nitrogens with two attached hydrogens (primary N) is 1. The summed E-state index contributed by atoms with van der Waals surface area (Å²) in [5.74, 6) is 0.00788. The molecule has 1 rings (SSSR count). The number of rotatable bonds is 3. The fourth-order valence-corrected chi connectivity index (χ4v) is 1.89. The van der Waals surface area contributed by atoms with Crippen molar-refractivity contribution in [2.45, 2.75) is 27.7 Å². The molecule has 2 N–H and O–H groups in total. The molecule has 1 aromatic rings. The molecule has 0 aliphatic rings. The van der Waals surface area contributed by atoms with Crippen LogP contribution < -0.4 is 10.6 Å². The van der Waals surface area contributed by atoms with Gasteiger partial charge < -0.3 is 10.6 Å². The molecular weight excluding hydrogens is 212 g/mol. The average Bonchev–Trinajstić information content (AvgIpc) is 2.14. The van der Waals surface area contributed by atoms with Crippen molar-refractivity contribution in [3.63, 3.8) is 0 Å². The van der Waals surface area contributed by atoms with Crippen LogP contribution in [0.25, 0.3) is 0 Å². The SMILES string of the molecule is CC(=O)c1cc(N(C)CC(C)(C)C)ccc1N. The van der Waals surface area contributed by atoms with Crippen LogP contribution in [-0.2, 0) is 0 Å². The van der Waals surface area contributed by atoms with Gasteiger partial charge in [-0.3, -0.25) is 4.79 Å². The van der Waals surface area contributed by atoms with Crippen molar-refractivity contribution in [1.82, 2.24) is 0 Å². The van der Waals surface area contributed by atoms with Crippen LogP contribution in [0.4, 0.5) is 11.4 Å². The minimum Gasteiger partial charge on any atom is -0.398 e. The fraction of sp³-hybridized carbons (Fsp3) is 0.500. The van der Waals surface area contributed by atoms with E-state index in [1.54, 1.807) is 13.0 Å². The van der Waals surface area contributed by atoms with E-state index in [-0.39, 0.29) is 11.2 Å². The highest BCUT2D eigenvalue weighted by Gasteiger charge is 2.15. The largest absolute Gasteiger partial charge is 0.398 e. The molecule has 0 bridgehead atoms. The van der Waals surface area contributed by atoms with Crippen molar-refractivity contribution in [2.24, 2.45) is 5.41 Å². The Kier molecular flexibility index (Phi) is 3.81. The Hall–Kier alpha value is -1.51. The highest BCUT2D eigenvalue weighted by molar-refractivity contribution is 6.00. The fourth-order valence-electron chi connectivity index (χ4n) is 1.89. The van der Waals surface area contributed by atoms with Gasteiger partial charge in [-0.05, 0) is 30.5 Å². The number of Topliss-reactive ketones (excluding diaryl/α,β-unsaturated/α-hetero) is 1. The van der Waals surface area contributed by atoms with E-state index < -0.39 is 0 Å². The third-order valence-electron chi connectivity index (χ3n) is 2.57. The van der Waals surface area contributed by atoms with Crippen molar-refractivity contribution in [1.29, 1.82) is 0 Å². The third-order valence-corrected chi connectivity index (χ3v) is 2.57. The van der Waals surface area contributed by atoms with Crippen LogP contribution in [0.1, 0.15) is 38.1 Å². The van der Waals surface area contributed by atoms with Gasteiger partial charge in [0.2, 0.25) is 0 Å². The maximum Gasteiger partial charge on any atom is 0.161 e. The van der Waals surface area contributed by atoms with Gasteiger partial charge in [-0.25, -0.2) is 0 Å². The number of ketones is 1. The summed E-state index contributed by atoms with van der Waals surface area (Å²) in [6, 6.07) is 5.61. The van der Waals surface area contributed by atoms with Crippen molar-refractivity contribution in [3.05, 3.63) is 23.8 Å². The second-order valence-corrected chi connectivity index (χ2v) is 5.74. The summed E-state index contributed by atoms with van der Waals surface area (Å²) in [5, 5.41) is 0. The standard InChI is InChI=1S/C14H22N2O/c1-10(17)12-8-11(6-7-13(12)15)16(5)9-14(2,3)4/h6-8H,9,15H2,1-5H3. The van der Waals surface area contributed by atoms with Gasteiger partial charge in [-0.2, -0.15) is 0 Å². The molecular formula is C14H22N2O. The molecule has 0 amide bonds. The highest BCUT2D eigenvalue weighted by atomic mass is 16.1. The Bertz CT molecular complexity index is 419. The molecule has 0 spiro atoms. The van der Waals surface area contributed by atoms with E-state index in [0.717, 1.165) is 12.2 Å². The summed E-state index contributed by atoms with van der Waals surface area (Å²) in [5.41, 5.74) is 8.17. The van der Waals surface area contributed by atoms with Gasteiger partial charge in [0.1, 0.15) is 0 Å². The number of nitrogens with zero attached hydrogens (tertiary/aromatic N) is 1. The van der Waals surface area contributed by atoms with Crippen LogP contribution >= 0.6 is 0 Å². The molecule has 0 aromatic heterocycles. The maximum absolute atomic E-state index is 11.4.